The molecule has 0 unspecified atom stereocenters. The van der Waals surface area contributed by atoms with E-state index in [0.717, 1.165) is 10.7 Å². The standard InChI is InChI=1S/C22H30N4O5S2/c1-15(2)22-23-16(3)20(32-22)21(27)24-18-14-17(33(28,29)26-8-12-31-13-9-26)4-5-19(18)25-6-10-30-11-7-25/h4-5,14-15H,6-13H2,1-3H3,(H,24,27). The van der Waals surface area contributed by atoms with E-state index >= 15 is 0 Å². The van der Waals surface area contributed by atoms with Crippen LogP contribution in [0, 0.1) is 6.92 Å². The summed E-state index contributed by atoms with van der Waals surface area (Å²) in [4.78, 5) is 20.5. The summed E-state index contributed by atoms with van der Waals surface area (Å²) in [5.74, 6) is -0.0616. The van der Waals surface area contributed by atoms with Crippen molar-refractivity contribution in [2.45, 2.75) is 31.6 Å². The highest BCUT2D eigenvalue weighted by molar-refractivity contribution is 7.89. The van der Waals surface area contributed by atoms with Crippen LogP contribution in [0.25, 0.3) is 0 Å². The zero-order valence-electron chi connectivity index (χ0n) is 19.2. The van der Waals surface area contributed by atoms with E-state index in [0.29, 0.717) is 68.9 Å². The zero-order valence-corrected chi connectivity index (χ0v) is 20.8. The molecule has 1 amide bonds. The number of rotatable bonds is 6. The Balaban J connectivity index is 1.68. The Hall–Kier alpha value is -2.05. The molecular formula is C22H30N4O5S2. The third kappa shape index (κ3) is 5.22. The summed E-state index contributed by atoms with van der Waals surface area (Å²) in [6.07, 6.45) is 0. The van der Waals surface area contributed by atoms with Crippen LogP contribution in [-0.2, 0) is 19.5 Å². The maximum atomic E-state index is 13.2. The topological polar surface area (TPSA) is 101 Å². The molecule has 0 bridgehead atoms. The van der Waals surface area contributed by atoms with Crippen molar-refractivity contribution >= 4 is 38.6 Å². The fourth-order valence-electron chi connectivity index (χ4n) is 3.85. The summed E-state index contributed by atoms with van der Waals surface area (Å²) < 4.78 is 38.6. The van der Waals surface area contributed by atoms with Crippen LogP contribution in [0.3, 0.4) is 0 Å². The van der Waals surface area contributed by atoms with E-state index in [1.54, 1.807) is 18.2 Å². The number of benzene rings is 1. The van der Waals surface area contributed by atoms with Gasteiger partial charge in [-0.25, -0.2) is 13.4 Å². The van der Waals surface area contributed by atoms with Crippen LogP contribution in [0.4, 0.5) is 11.4 Å². The Morgan fingerprint density at radius 3 is 2.33 bits per heavy atom. The molecule has 9 nitrogen and oxygen atoms in total. The maximum Gasteiger partial charge on any atom is 0.267 e. The second-order valence-electron chi connectivity index (χ2n) is 8.37. The molecule has 1 N–H and O–H groups in total. The number of anilines is 2. The molecule has 0 atom stereocenters. The van der Waals surface area contributed by atoms with Crippen LogP contribution in [0.1, 0.15) is 40.1 Å². The first-order valence-corrected chi connectivity index (χ1v) is 13.4. The lowest BCUT2D eigenvalue weighted by Crippen LogP contribution is -2.40. The summed E-state index contributed by atoms with van der Waals surface area (Å²) >= 11 is 1.37. The first-order chi connectivity index (χ1) is 15.8. The van der Waals surface area contributed by atoms with Crippen LogP contribution in [-0.4, -0.2) is 76.2 Å². The van der Waals surface area contributed by atoms with Crippen molar-refractivity contribution in [2.24, 2.45) is 0 Å². The van der Waals surface area contributed by atoms with E-state index in [4.69, 9.17) is 9.47 Å². The van der Waals surface area contributed by atoms with Gasteiger partial charge in [0.15, 0.2) is 0 Å². The van der Waals surface area contributed by atoms with Crippen molar-refractivity contribution in [1.29, 1.82) is 0 Å². The van der Waals surface area contributed by atoms with Crippen LogP contribution in [0.2, 0.25) is 0 Å². The van der Waals surface area contributed by atoms with Gasteiger partial charge in [0.25, 0.3) is 5.91 Å². The van der Waals surface area contributed by atoms with Gasteiger partial charge in [-0.1, -0.05) is 13.8 Å². The Bertz CT molecular complexity index is 1100. The summed E-state index contributed by atoms with van der Waals surface area (Å²) in [6.45, 7) is 9.74. The average molecular weight is 495 g/mol. The molecule has 0 radical (unpaired) electrons. The van der Waals surface area contributed by atoms with Gasteiger partial charge < -0.3 is 19.7 Å². The average Bonchev–Trinajstić information content (AvgIpc) is 3.22. The van der Waals surface area contributed by atoms with Gasteiger partial charge >= 0.3 is 0 Å². The molecule has 0 aliphatic carbocycles. The van der Waals surface area contributed by atoms with E-state index in [-0.39, 0.29) is 16.7 Å². The fraction of sp³-hybridized carbons (Fsp3) is 0.545. The number of aryl methyl sites for hydroxylation is 1. The number of amides is 1. The van der Waals surface area contributed by atoms with Gasteiger partial charge in [0.2, 0.25) is 10.0 Å². The van der Waals surface area contributed by atoms with Crippen LogP contribution >= 0.6 is 11.3 Å². The molecule has 11 heteroatoms. The van der Waals surface area contributed by atoms with Gasteiger partial charge in [-0.3, -0.25) is 4.79 Å². The number of carbonyl (C=O) groups is 1. The van der Waals surface area contributed by atoms with Crippen LogP contribution < -0.4 is 10.2 Å². The number of sulfonamides is 1. The highest BCUT2D eigenvalue weighted by Gasteiger charge is 2.28. The quantitative estimate of drug-likeness (QED) is 0.659. The Morgan fingerprint density at radius 2 is 1.73 bits per heavy atom. The fourth-order valence-corrected chi connectivity index (χ4v) is 6.24. The number of morpholine rings is 2. The molecule has 33 heavy (non-hydrogen) atoms. The summed E-state index contributed by atoms with van der Waals surface area (Å²) in [6, 6.07) is 4.95. The van der Waals surface area contributed by atoms with E-state index in [9.17, 15) is 13.2 Å². The minimum atomic E-state index is -3.70. The second-order valence-corrected chi connectivity index (χ2v) is 11.3. The molecule has 1 aromatic carbocycles. The lowest BCUT2D eigenvalue weighted by molar-refractivity contribution is 0.0730. The largest absolute Gasteiger partial charge is 0.379 e. The predicted octanol–water partition coefficient (Wildman–Crippen LogP) is 2.68. The van der Waals surface area contributed by atoms with Crippen LogP contribution in [0.5, 0.6) is 0 Å². The number of nitrogens with zero attached hydrogens (tertiary/aromatic N) is 3. The molecule has 1 aromatic heterocycles. The molecule has 2 aliphatic rings. The van der Waals surface area contributed by atoms with Gasteiger partial charge in [0.05, 0.1) is 53.4 Å². The number of aromatic nitrogens is 1. The molecule has 0 saturated carbocycles. The summed E-state index contributed by atoms with van der Waals surface area (Å²) in [5.41, 5.74) is 1.92. The highest BCUT2D eigenvalue weighted by Crippen LogP contribution is 2.33. The Kier molecular flexibility index (Phi) is 7.34. The van der Waals surface area contributed by atoms with Gasteiger partial charge in [-0.2, -0.15) is 4.31 Å². The SMILES string of the molecule is Cc1nc(C(C)C)sc1C(=O)Nc1cc(S(=O)(=O)N2CCOCC2)ccc1N1CCOCC1. The van der Waals surface area contributed by atoms with Crippen molar-refractivity contribution < 1.29 is 22.7 Å². The molecule has 4 rings (SSSR count). The minimum absolute atomic E-state index is 0.153. The number of carbonyl (C=O) groups excluding carboxylic acids is 1. The molecule has 3 heterocycles. The minimum Gasteiger partial charge on any atom is -0.379 e. The number of thiazole rings is 1. The smallest absolute Gasteiger partial charge is 0.267 e. The maximum absolute atomic E-state index is 13.2. The number of nitrogens with one attached hydrogen (secondary N) is 1. The molecule has 2 saturated heterocycles. The first kappa shape index (κ1) is 24.1. The lowest BCUT2D eigenvalue weighted by Gasteiger charge is -2.31. The van der Waals surface area contributed by atoms with E-state index in [1.807, 2.05) is 20.8 Å². The van der Waals surface area contributed by atoms with Crippen molar-refractivity contribution in [2.75, 3.05) is 62.8 Å². The van der Waals surface area contributed by atoms with Gasteiger partial charge in [-0.15, -0.1) is 11.3 Å². The molecule has 0 spiro atoms. The summed E-state index contributed by atoms with van der Waals surface area (Å²) in [7, 11) is -3.70. The second kappa shape index (κ2) is 10.1. The molecule has 2 aromatic rings. The molecule has 2 fully saturated rings. The third-order valence-electron chi connectivity index (χ3n) is 5.69. The van der Waals surface area contributed by atoms with Gasteiger partial charge in [0.1, 0.15) is 4.88 Å². The Labute approximate surface area is 198 Å². The summed E-state index contributed by atoms with van der Waals surface area (Å²) in [5, 5.41) is 3.87. The third-order valence-corrected chi connectivity index (χ3v) is 9.04. The first-order valence-electron chi connectivity index (χ1n) is 11.1. The lowest BCUT2D eigenvalue weighted by atomic mass is 10.2. The molecular weight excluding hydrogens is 464 g/mol. The van der Waals surface area contributed by atoms with Gasteiger partial charge in [0, 0.05) is 32.1 Å². The van der Waals surface area contributed by atoms with Gasteiger partial charge in [-0.05, 0) is 25.1 Å². The van der Waals surface area contributed by atoms with Crippen LogP contribution in [0.15, 0.2) is 23.1 Å². The van der Waals surface area contributed by atoms with E-state index in [1.165, 1.54) is 15.6 Å². The zero-order chi connectivity index (χ0) is 23.6. The highest BCUT2D eigenvalue weighted by atomic mass is 32.2. The van der Waals surface area contributed by atoms with Crippen molar-refractivity contribution in [3.63, 3.8) is 0 Å². The Morgan fingerprint density at radius 1 is 1.09 bits per heavy atom. The predicted molar refractivity (Wildman–Crippen MR) is 128 cm³/mol. The normalized spacial score (nSPS) is 18.0. The van der Waals surface area contributed by atoms with Crippen molar-refractivity contribution in [3.8, 4) is 0 Å². The molecule has 2 aliphatic heterocycles. The van der Waals surface area contributed by atoms with E-state index in [2.05, 4.69) is 15.2 Å². The van der Waals surface area contributed by atoms with E-state index < -0.39 is 10.0 Å². The number of hydrogen-bond donors (Lipinski definition) is 1. The number of hydrogen-bond acceptors (Lipinski definition) is 8. The number of ether oxygens (including phenoxy) is 2. The van der Waals surface area contributed by atoms with Crippen molar-refractivity contribution in [1.82, 2.24) is 9.29 Å². The molecule has 180 valence electrons. The monoisotopic (exact) mass is 494 g/mol. The van der Waals surface area contributed by atoms with Crippen molar-refractivity contribution in [3.05, 3.63) is 33.8 Å².